The monoisotopic (exact) mass is 324 g/mol. The summed E-state index contributed by atoms with van der Waals surface area (Å²) in [6.07, 6.45) is 9.31. The fourth-order valence-electron chi connectivity index (χ4n) is 3.29. The molecule has 3 rings (SSSR count). The first-order valence-corrected chi connectivity index (χ1v) is 9.64. The van der Waals surface area contributed by atoms with E-state index in [-0.39, 0.29) is 11.3 Å². The van der Waals surface area contributed by atoms with Crippen molar-refractivity contribution >= 4 is 16.0 Å². The SMILES string of the molecule is Cc1cnc(N2CCCC(S(=O)(=O)NC3CCCC3)C2)nc1. The molecule has 6 nitrogen and oxygen atoms in total. The minimum absolute atomic E-state index is 0.135. The van der Waals surface area contributed by atoms with Gasteiger partial charge in [-0.3, -0.25) is 0 Å². The zero-order valence-electron chi connectivity index (χ0n) is 13.0. The lowest BCUT2D eigenvalue weighted by Crippen LogP contribution is -2.48. The van der Waals surface area contributed by atoms with Gasteiger partial charge in [-0.25, -0.2) is 23.1 Å². The maximum atomic E-state index is 12.6. The van der Waals surface area contributed by atoms with Crippen molar-refractivity contribution < 1.29 is 8.42 Å². The van der Waals surface area contributed by atoms with Crippen molar-refractivity contribution in [2.24, 2.45) is 0 Å². The van der Waals surface area contributed by atoms with Crippen LogP contribution in [0.5, 0.6) is 0 Å². The third-order valence-electron chi connectivity index (χ3n) is 4.55. The smallest absolute Gasteiger partial charge is 0.225 e. The van der Waals surface area contributed by atoms with E-state index in [0.717, 1.165) is 44.2 Å². The van der Waals surface area contributed by atoms with E-state index >= 15 is 0 Å². The number of nitrogens with one attached hydrogen (secondary N) is 1. The van der Waals surface area contributed by atoms with Crippen molar-refractivity contribution in [1.82, 2.24) is 14.7 Å². The second-order valence-corrected chi connectivity index (χ2v) is 8.41. The Morgan fingerprint density at radius 1 is 1.14 bits per heavy atom. The van der Waals surface area contributed by atoms with Crippen LogP contribution < -0.4 is 9.62 Å². The van der Waals surface area contributed by atoms with Gasteiger partial charge < -0.3 is 4.90 Å². The van der Waals surface area contributed by atoms with E-state index in [1.807, 2.05) is 11.8 Å². The molecule has 1 unspecified atom stereocenters. The Morgan fingerprint density at radius 2 is 1.82 bits per heavy atom. The molecule has 0 bridgehead atoms. The highest BCUT2D eigenvalue weighted by Crippen LogP contribution is 2.23. The van der Waals surface area contributed by atoms with Gasteiger partial charge in [-0.1, -0.05) is 12.8 Å². The molecule has 1 aromatic heterocycles. The number of hydrogen-bond acceptors (Lipinski definition) is 5. The summed E-state index contributed by atoms with van der Waals surface area (Å²) in [5, 5.41) is -0.369. The van der Waals surface area contributed by atoms with Crippen molar-refractivity contribution in [2.45, 2.75) is 56.7 Å². The van der Waals surface area contributed by atoms with Crippen LogP contribution in [0.2, 0.25) is 0 Å². The average molecular weight is 324 g/mol. The zero-order chi connectivity index (χ0) is 15.6. The van der Waals surface area contributed by atoms with Gasteiger partial charge in [-0.05, 0) is 38.2 Å². The lowest BCUT2D eigenvalue weighted by molar-refractivity contribution is 0.503. The van der Waals surface area contributed by atoms with Gasteiger partial charge in [0.25, 0.3) is 0 Å². The second-order valence-electron chi connectivity index (χ2n) is 6.41. The van der Waals surface area contributed by atoms with E-state index in [1.165, 1.54) is 0 Å². The Balaban J connectivity index is 1.67. The number of hydrogen-bond donors (Lipinski definition) is 1. The molecule has 122 valence electrons. The first-order chi connectivity index (χ1) is 10.5. The molecule has 1 saturated heterocycles. The average Bonchev–Trinajstić information content (AvgIpc) is 3.00. The summed E-state index contributed by atoms with van der Waals surface area (Å²) in [5.41, 5.74) is 1.01. The van der Waals surface area contributed by atoms with Gasteiger partial charge in [-0.15, -0.1) is 0 Å². The fourth-order valence-corrected chi connectivity index (χ4v) is 5.04. The highest BCUT2D eigenvalue weighted by atomic mass is 32.2. The van der Waals surface area contributed by atoms with Gasteiger partial charge in [0.2, 0.25) is 16.0 Å². The molecule has 1 saturated carbocycles. The molecule has 0 aromatic carbocycles. The lowest BCUT2D eigenvalue weighted by atomic mass is 10.1. The minimum atomic E-state index is -3.26. The topological polar surface area (TPSA) is 75.2 Å². The van der Waals surface area contributed by atoms with Crippen LogP contribution in [-0.2, 0) is 10.0 Å². The summed E-state index contributed by atoms with van der Waals surface area (Å²) >= 11 is 0. The van der Waals surface area contributed by atoms with E-state index in [0.29, 0.717) is 18.9 Å². The standard InChI is InChI=1S/C15H24N4O2S/c1-12-9-16-15(17-10-12)19-8-4-7-14(11-19)22(20,21)18-13-5-2-3-6-13/h9-10,13-14,18H,2-8,11H2,1H3. The van der Waals surface area contributed by atoms with Crippen LogP contribution in [0.1, 0.15) is 44.1 Å². The maximum absolute atomic E-state index is 12.6. The van der Waals surface area contributed by atoms with Crippen LogP contribution in [0.4, 0.5) is 5.95 Å². The second kappa shape index (κ2) is 6.50. The van der Waals surface area contributed by atoms with Crippen LogP contribution in [0.15, 0.2) is 12.4 Å². The quantitative estimate of drug-likeness (QED) is 0.911. The zero-order valence-corrected chi connectivity index (χ0v) is 13.8. The van der Waals surface area contributed by atoms with Crippen LogP contribution in [0, 0.1) is 6.92 Å². The first-order valence-electron chi connectivity index (χ1n) is 8.09. The van der Waals surface area contributed by atoms with E-state index in [4.69, 9.17) is 0 Å². The number of aromatic nitrogens is 2. The highest BCUT2D eigenvalue weighted by molar-refractivity contribution is 7.90. The number of aryl methyl sites for hydroxylation is 1. The normalized spacial score (nSPS) is 23.9. The Bertz CT molecular complexity index is 596. The largest absolute Gasteiger partial charge is 0.339 e. The number of rotatable bonds is 4. The molecule has 0 radical (unpaired) electrons. The number of anilines is 1. The van der Waals surface area contributed by atoms with Crippen molar-refractivity contribution in [3.05, 3.63) is 18.0 Å². The van der Waals surface area contributed by atoms with E-state index in [9.17, 15) is 8.42 Å². The van der Waals surface area contributed by atoms with Gasteiger partial charge in [0.05, 0.1) is 5.25 Å². The van der Waals surface area contributed by atoms with Gasteiger partial charge >= 0.3 is 0 Å². The number of sulfonamides is 1. The lowest BCUT2D eigenvalue weighted by Gasteiger charge is -2.33. The van der Waals surface area contributed by atoms with Gasteiger partial charge in [0, 0.05) is 31.5 Å². The molecule has 7 heteroatoms. The Kier molecular flexibility index (Phi) is 4.63. The van der Waals surface area contributed by atoms with E-state index in [1.54, 1.807) is 12.4 Å². The summed E-state index contributed by atoms with van der Waals surface area (Å²) in [7, 11) is -3.26. The van der Waals surface area contributed by atoms with Crippen LogP contribution in [-0.4, -0.2) is 42.8 Å². The van der Waals surface area contributed by atoms with Crippen molar-refractivity contribution in [1.29, 1.82) is 0 Å². The summed E-state index contributed by atoms with van der Waals surface area (Å²) < 4.78 is 28.1. The van der Waals surface area contributed by atoms with Crippen molar-refractivity contribution in [2.75, 3.05) is 18.0 Å². The molecule has 1 aromatic rings. The summed E-state index contributed by atoms with van der Waals surface area (Å²) in [6.45, 7) is 3.24. The molecule has 0 amide bonds. The summed E-state index contributed by atoms with van der Waals surface area (Å²) in [5.74, 6) is 0.631. The molecule has 22 heavy (non-hydrogen) atoms. The van der Waals surface area contributed by atoms with Crippen LogP contribution in [0.3, 0.4) is 0 Å². The van der Waals surface area contributed by atoms with Crippen molar-refractivity contribution in [3.8, 4) is 0 Å². The molecule has 2 heterocycles. The Morgan fingerprint density at radius 3 is 2.50 bits per heavy atom. The third kappa shape index (κ3) is 3.57. The molecule has 1 atom stereocenters. The molecule has 0 spiro atoms. The molecule has 2 aliphatic rings. The minimum Gasteiger partial charge on any atom is -0.339 e. The van der Waals surface area contributed by atoms with Gasteiger partial charge in [-0.2, -0.15) is 0 Å². The molecular formula is C15H24N4O2S. The molecular weight excluding hydrogens is 300 g/mol. The number of nitrogens with zero attached hydrogens (tertiary/aromatic N) is 3. The fraction of sp³-hybridized carbons (Fsp3) is 0.733. The third-order valence-corrected chi connectivity index (χ3v) is 6.48. The number of piperidine rings is 1. The Hall–Kier alpha value is -1.21. The van der Waals surface area contributed by atoms with E-state index < -0.39 is 10.0 Å². The summed E-state index contributed by atoms with van der Waals surface area (Å²) in [4.78, 5) is 10.6. The van der Waals surface area contributed by atoms with Crippen LogP contribution >= 0.6 is 0 Å². The predicted octanol–water partition coefficient (Wildman–Crippen LogP) is 1.62. The van der Waals surface area contributed by atoms with Crippen LogP contribution in [0.25, 0.3) is 0 Å². The first kappa shape index (κ1) is 15.7. The van der Waals surface area contributed by atoms with Gasteiger partial charge in [0.15, 0.2) is 0 Å². The highest BCUT2D eigenvalue weighted by Gasteiger charge is 2.33. The Labute approximate surface area is 132 Å². The van der Waals surface area contributed by atoms with Gasteiger partial charge in [0.1, 0.15) is 0 Å². The maximum Gasteiger partial charge on any atom is 0.225 e. The molecule has 1 N–H and O–H groups in total. The molecule has 2 fully saturated rings. The van der Waals surface area contributed by atoms with E-state index in [2.05, 4.69) is 14.7 Å². The summed E-state index contributed by atoms with van der Waals surface area (Å²) in [6, 6.07) is 0.135. The molecule has 1 aliphatic carbocycles. The molecule has 1 aliphatic heterocycles. The predicted molar refractivity (Wildman–Crippen MR) is 86.3 cm³/mol. The van der Waals surface area contributed by atoms with Crippen molar-refractivity contribution in [3.63, 3.8) is 0 Å².